The molecule has 2 radical (unpaired) electrons. The molecule has 0 fully saturated rings. The van der Waals surface area contributed by atoms with Crippen LogP contribution in [-0.4, -0.2) is 19.9 Å². The summed E-state index contributed by atoms with van der Waals surface area (Å²) in [5.74, 6) is 0. The summed E-state index contributed by atoms with van der Waals surface area (Å²) < 4.78 is 4.70. The first-order valence-corrected chi connectivity index (χ1v) is 3.85. The lowest BCUT2D eigenvalue weighted by Gasteiger charge is -2.19. The van der Waals surface area contributed by atoms with Crippen molar-refractivity contribution < 1.29 is 9.53 Å². The second-order valence-corrected chi connectivity index (χ2v) is 2.74. The molecule has 0 bridgehead atoms. The van der Waals surface area contributed by atoms with Crippen LogP contribution in [0.2, 0.25) is 6.32 Å². The van der Waals surface area contributed by atoms with E-state index in [-0.39, 0.29) is 5.60 Å². The Kier molecular flexibility index (Phi) is 9.13. The SMILES string of the molecule is CCC(C)(C)OC=O.[B]CC. The fourth-order valence-corrected chi connectivity index (χ4v) is 0.214. The van der Waals surface area contributed by atoms with Gasteiger partial charge >= 0.3 is 0 Å². The van der Waals surface area contributed by atoms with Crippen molar-refractivity contribution in [1.29, 1.82) is 0 Å². The third-order valence-electron chi connectivity index (χ3n) is 1.22. The van der Waals surface area contributed by atoms with E-state index in [1.165, 1.54) is 0 Å². The van der Waals surface area contributed by atoms with Crippen LogP contribution in [0.5, 0.6) is 0 Å². The third-order valence-corrected chi connectivity index (χ3v) is 1.22. The van der Waals surface area contributed by atoms with Crippen LogP contribution in [0.3, 0.4) is 0 Å². The zero-order valence-electron chi connectivity index (χ0n) is 7.89. The molecular formula is C8H17BO2. The molecule has 0 N–H and O–H groups in total. The summed E-state index contributed by atoms with van der Waals surface area (Å²) >= 11 is 0. The maximum Gasteiger partial charge on any atom is 0.293 e. The smallest absolute Gasteiger partial charge is 0.293 e. The van der Waals surface area contributed by atoms with Crippen LogP contribution in [0.1, 0.15) is 34.1 Å². The molecule has 0 amide bonds. The number of rotatable bonds is 3. The van der Waals surface area contributed by atoms with Crippen LogP contribution in [0, 0.1) is 0 Å². The van der Waals surface area contributed by atoms with Crippen LogP contribution in [0.25, 0.3) is 0 Å². The van der Waals surface area contributed by atoms with Gasteiger partial charge in [0.1, 0.15) is 5.60 Å². The monoisotopic (exact) mass is 156 g/mol. The van der Waals surface area contributed by atoms with E-state index in [1.807, 2.05) is 27.7 Å². The minimum atomic E-state index is -0.276. The zero-order valence-corrected chi connectivity index (χ0v) is 7.89. The average molecular weight is 156 g/mol. The summed E-state index contributed by atoms with van der Waals surface area (Å²) in [6, 6.07) is 0. The van der Waals surface area contributed by atoms with Crippen LogP contribution in [0.15, 0.2) is 0 Å². The quantitative estimate of drug-likeness (QED) is 0.461. The Morgan fingerprint density at radius 1 is 1.45 bits per heavy atom. The summed E-state index contributed by atoms with van der Waals surface area (Å²) in [4.78, 5) is 9.76. The van der Waals surface area contributed by atoms with E-state index in [4.69, 9.17) is 12.6 Å². The van der Waals surface area contributed by atoms with Crippen LogP contribution in [0.4, 0.5) is 0 Å². The van der Waals surface area contributed by atoms with Gasteiger partial charge in [0.15, 0.2) is 0 Å². The van der Waals surface area contributed by atoms with E-state index in [2.05, 4.69) is 0 Å². The molecule has 0 spiro atoms. The lowest BCUT2D eigenvalue weighted by atomic mass is 10.1. The van der Waals surface area contributed by atoms with E-state index in [0.29, 0.717) is 6.47 Å². The lowest BCUT2D eigenvalue weighted by molar-refractivity contribution is -0.140. The molecule has 11 heavy (non-hydrogen) atoms. The molecule has 0 aromatic rings. The average Bonchev–Trinajstić information content (AvgIpc) is 1.90. The number of hydrogen-bond acceptors (Lipinski definition) is 2. The highest BCUT2D eigenvalue weighted by Gasteiger charge is 2.13. The van der Waals surface area contributed by atoms with E-state index < -0.39 is 0 Å². The molecule has 0 saturated heterocycles. The fraction of sp³-hybridized carbons (Fsp3) is 0.875. The summed E-state index contributed by atoms with van der Waals surface area (Å²) in [7, 11) is 4.85. The fourth-order valence-electron chi connectivity index (χ4n) is 0.214. The van der Waals surface area contributed by atoms with Crippen molar-refractivity contribution in [2.75, 3.05) is 0 Å². The highest BCUT2D eigenvalue weighted by molar-refractivity contribution is 6.08. The van der Waals surface area contributed by atoms with Crippen LogP contribution in [-0.2, 0) is 9.53 Å². The van der Waals surface area contributed by atoms with Crippen molar-refractivity contribution in [3.05, 3.63) is 0 Å². The lowest BCUT2D eigenvalue weighted by Crippen LogP contribution is -2.21. The maximum atomic E-state index is 9.76. The first kappa shape index (κ1) is 13.1. The summed E-state index contributed by atoms with van der Waals surface area (Å²) in [5, 5.41) is 0. The Morgan fingerprint density at radius 3 is 1.91 bits per heavy atom. The molecule has 0 heterocycles. The topological polar surface area (TPSA) is 26.3 Å². The molecule has 0 aromatic heterocycles. The van der Waals surface area contributed by atoms with Gasteiger partial charge in [-0.2, -0.15) is 0 Å². The number of carbonyl (C=O) groups excluding carboxylic acids is 1. The Balaban J connectivity index is 0. The second kappa shape index (κ2) is 7.64. The zero-order chi connectivity index (χ0) is 9.33. The van der Waals surface area contributed by atoms with Crippen molar-refractivity contribution in [3.63, 3.8) is 0 Å². The van der Waals surface area contributed by atoms with E-state index in [1.54, 1.807) is 0 Å². The van der Waals surface area contributed by atoms with Gasteiger partial charge in [0.25, 0.3) is 6.47 Å². The van der Waals surface area contributed by atoms with Gasteiger partial charge in [-0.15, -0.1) is 0 Å². The van der Waals surface area contributed by atoms with Gasteiger partial charge in [0, 0.05) is 0 Å². The van der Waals surface area contributed by atoms with Gasteiger partial charge in [-0.05, 0) is 20.3 Å². The van der Waals surface area contributed by atoms with E-state index in [0.717, 1.165) is 12.7 Å². The number of ether oxygens (including phenoxy) is 1. The molecule has 0 aromatic carbocycles. The summed E-state index contributed by atoms with van der Waals surface area (Å²) in [6.45, 7) is 8.12. The normalized spacial score (nSPS) is 9.45. The Morgan fingerprint density at radius 2 is 1.82 bits per heavy atom. The molecule has 0 aliphatic rings. The van der Waals surface area contributed by atoms with Gasteiger partial charge in [0.05, 0.1) is 7.85 Å². The molecule has 0 aliphatic carbocycles. The minimum Gasteiger partial charge on any atom is -0.462 e. The second-order valence-electron chi connectivity index (χ2n) is 2.74. The van der Waals surface area contributed by atoms with Gasteiger partial charge in [0.2, 0.25) is 0 Å². The first-order valence-electron chi connectivity index (χ1n) is 3.85. The Labute approximate surface area is 70.7 Å². The van der Waals surface area contributed by atoms with E-state index in [9.17, 15) is 4.79 Å². The predicted molar refractivity (Wildman–Crippen MR) is 47.8 cm³/mol. The summed E-state index contributed by atoms with van der Waals surface area (Å²) in [6.07, 6.45) is 1.60. The van der Waals surface area contributed by atoms with Crippen LogP contribution < -0.4 is 0 Å². The molecule has 0 saturated carbocycles. The Hall–Kier alpha value is -0.465. The predicted octanol–water partition coefficient (Wildman–Crippen LogP) is 1.94. The number of carbonyl (C=O) groups is 1. The molecular weight excluding hydrogens is 139 g/mol. The minimum absolute atomic E-state index is 0.276. The summed E-state index contributed by atoms with van der Waals surface area (Å²) in [5.41, 5.74) is -0.276. The molecule has 0 aliphatic heterocycles. The molecule has 2 nitrogen and oxygen atoms in total. The highest BCUT2D eigenvalue weighted by Crippen LogP contribution is 2.10. The van der Waals surface area contributed by atoms with Crippen molar-refractivity contribution in [2.24, 2.45) is 0 Å². The molecule has 0 rings (SSSR count). The van der Waals surface area contributed by atoms with E-state index >= 15 is 0 Å². The van der Waals surface area contributed by atoms with Gasteiger partial charge in [-0.25, -0.2) is 0 Å². The van der Waals surface area contributed by atoms with Crippen LogP contribution >= 0.6 is 0 Å². The van der Waals surface area contributed by atoms with Crippen molar-refractivity contribution in [3.8, 4) is 0 Å². The standard InChI is InChI=1S/C6H12O2.C2H5B/c1-4-6(2,3)8-5-7;1-2-3/h5H,4H2,1-3H3;2H2,1H3. The van der Waals surface area contributed by atoms with Gasteiger partial charge in [-0.1, -0.05) is 20.2 Å². The molecule has 3 heteroatoms. The number of hydrogen-bond donors (Lipinski definition) is 0. The molecule has 0 unspecified atom stereocenters. The molecule has 0 atom stereocenters. The largest absolute Gasteiger partial charge is 0.462 e. The highest BCUT2D eigenvalue weighted by atomic mass is 16.5. The van der Waals surface area contributed by atoms with Gasteiger partial charge < -0.3 is 4.74 Å². The van der Waals surface area contributed by atoms with Crippen molar-refractivity contribution in [1.82, 2.24) is 0 Å². The first-order chi connectivity index (χ1) is 5.04. The van der Waals surface area contributed by atoms with Crippen molar-refractivity contribution in [2.45, 2.75) is 46.0 Å². The van der Waals surface area contributed by atoms with Crippen molar-refractivity contribution >= 4 is 14.3 Å². The third kappa shape index (κ3) is 12.7. The Bertz CT molecular complexity index is 92.1. The molecule has 64 valence electrons. The van der Waals surface area contributed by atoms with Gasteiger partial charge in [-0.3, -0.25) is 4.79 Å². The maximum absolute atomic E-state index is 9.76.